The van der Waals surface area contributed by atoms with Gasteiger partial charge in [-0.25, -0.2) is 0 Å². The monoisotopic (exact) mass is 131 g/mol. The van der Waals surface area contributed by atoms with E-state index in [9.17, 15) is 0 Å². The minimum atomic E-state index is -0.0278. The molecule has 0 amide bonds. The maximum atomic E-state index is 5.53. The Morgan fingerprint density at radius 3 is 1.17 bits per heavy atom. The fourth-order valence-corrected chi connectivity index (χ4v) is 0. The summed E-state index contributed by atoms with van der Waals surface area (Å²) in [5.41, 5.74) is 0. The molecule has 1 radical (unpaired) electrons. The van der Waals surface area contributed by atoms with Crippen LogP contribution in [0.4, 0.5) is 0 Å². The van der Waals surface area contributed by atoms with Crippen molar-refractivity contribution in [2.24, 2.45) is 0 Å². The second-order valence-electron chi connectivity index (χ2n) is 2.07. The molecular formula is C4H9ClK. The van der Waals surface area contributed by atoms with Crippen molar-refractivity contribution in [2.75, 3.05) is 0 Å². The van der Waals surface area contributed by atoms with Crippen molar-refractivity contribution in [2.45, 2.75) is 25.6 Å². The van der Waals surface area contributed by atoms with Crippen LogP contribution in [-0.2, 0) is 0 Å². The third kappa shape index (κ3) is 38.8. The number of hydrogen-bond acceptors (Lipinski definition) is 0. The Hall–Kier alpha value is 1.93. The molecule has 0 heterocycles. The van der Waals surface area contributed by atoms with Crippen LogP contribution in [-0.4, -0.2) is 56.3 Å². The van der Waals surface area contributed by atoms with Gasteiger partial charge in [-0.15, -0.1) is 11.6 Å². The molecule has 0 aromatic rings. The van der Waals surface area contributed by atoms with E-state index in [0.717, 1.165) is 0 Å². The molecule has 0 spiro atoms. The molecule has 0 N–H and O–H groups in total. The number of halogens is 1. The topological polar surface area (TPSA) is 0 Å². The molecule has 0 nitrogen and oxygen atoms in total. The van der Waals surface area contributed by atoms with E-state index in [1.165, 1.54) is 0 Å². The standard InChI is InChI=1S/C4H9Cl.K/c1-4(2,3)5;/h1-3H3;. The van der Waals surface area contributed by atoms with Crippen LogP contribution < -0.4 is 0 Å². The molecule has 0 aliphatic rings. The first-order valence-electron chi connectivity index (χ1n) is 1.69. The summed E-state index contributed by atoms with van der Waals surface area (Å²) in [7, 11) is 0. The van der Waals surface area contributed by atoms with Crippen LogP contribution in [0.15, 0.2) is 0 Å². The van der Waals surface area contributed by atoms with Gasteiger partial charge in [-0.3, -0.25) is 0 Å². The summed E-state index contributed by atoms with van der Waals surface area (Å²) in [6.07, 6.45) is 0. The third-order valence-electron chi connectivity index (χ3n) is 0. The van der Waals surface area contributed by atoms with E-state index in [-0.39, 0.29) is 56.3 Å². The molecule has 33 valence electrons. The first-order valence-corrected chi connectivity index (χ1v) is 2.07. The molecular weight excluding hydrogens is 123 g/mol. The summed E-state index contributed by atoms with van der Waals surface area (Å²) in [6.45, 7) is 5.86. The molecule has 0 rings (SSSR count). The molecule has 2 heteroatoms. The van der Waals surface area contributed by atoms with Crippen molar-refractivity contribution in [1.29, 1.82) is 0 Å². The summed E-state index contributed by atoms with van der Waals surface area (Å²) in [5.74, 6) is 0. The van der Waals surface area contributed by atoms with Gasteiger partial charge in [0.25, 0.3) is 0 Å². The zero-order chi connectivity index (χ0) is 4.50. The SMILES string of the molecule is CC(C)(C)Cl.[K]. The maximum Gasteiger partial charge on any atom is 0.0362 e. The fraction of sp³-hybridized carbons (Fsp3) is 1.00. The molecule has 0 aliphatic heterocycles. The summed E-state index contributed by atoms with van der Waals surface area (Å²) in [4.78, 5) is -0.0278. The van der Waals surface area contributed by atoms with Crippen LogP contribution in [0.1, 0.15) is 20.8 Å². The second kappa shape index (κ2) is 3.87. The van der Waals surface area contributed by atoms with E-state index in [4.69, 9.17) is 11.6 Å². The first kappa shape index (κ1) is 10.8. The van der Waals surface area contributed by atoms with Crippen LogP contribution in [0.25, 0.3) is 0 Å². The average Bonchev–Trinajstić information content (AvgIpc) is 0.722. The largest absolute Gasteiger partial charge is 0.120 e. The Balaban J connectivity index is 0. The molecule has 0 saturated heterocycles. The molecule has 0 fully saturated rings. The average molecular weight is 132 g/mol. The summed E-state index contributed by atoms with van der Waals surface area (Å²) < 4.78 is 0. The van der Waals surface area contributed by atoms with Gasteiger partial charge in [0.2, 0.25) is 0 Å². The van der Waals surface area contributed by atoms with Crippen LogP contribution in [0.5, 0.6) is 0 Å². The molecule has 0 aliphatic carbocycles. The molecule has 0 atom stereocenters. The summed E-state index contributed by atoms with van der Waals surface area (Å²) in [6, 6.07) is 0. The predicted molar refractivity (Wildman–Crippen MR) is 31.4 cm³/mol. The van der Waals surface area contributed by atoms with Crippen molar-refractivity contribution in [3.05, 3.63) is 0 Å². The smallest absolute Gasteiger partial charge is 0.0362 e. The van der Waals surface area contributed by atoms with Crippen LogP contribution >= 0.6 is 11.6 Å². The molecule has 0 unspecified atom stereocenters. The Labute approximate surface area is 87.1 Å². The Morgan fingerprint density at radius 2 is 1.17 bits per heavy atom. The summed E-state index contributed by atoms with van der Waals surface area (Å²) >= 11 is 5.53. The van der Waals surface area contributed by atoms with Crippen molar-refractivity contribution < 1.29 is 0 Å². The van der Waals surface area contributed by atoms with Crippen molar-refractivity contribution in [3.63, 3.8) is 0 Å². The van der Waals surface area contributed by atoms with E-state index in [2.05, 4.69) is 0 Å². The van der Waals surface area contributed by atoms with Gasteiger partial charge in [-0.05, 0) is 20.8 Å². The number of rotatable bonds is 0. The first-order chi connectivity index (χ1) is 2.00. The van der Waals surface area contributed by atoms with Gasteiger partial charge >= 0.3 is 0 Å². The van der Waals surface area contributed by atoms with E-state index in [1.54, 1.807) is 0 Å². The molecule has 0 aromatic carbocycles. The van der Waals surface area contributed by atoms with Crippen molar-refractivity contribution in [3.8, 4) is 0 Å². The third-order valence-corrected chi connectivity index (χ3v) is 0. The van der Waals surface area contributed by atoms with E-state index >= 15 is 0 Å². The zero-order valence-corrected chi connectivity index (χ0v) is 8.76. The number of hydrogen-bond donors (Lipinski definition) is 0. The Kier molecular flexibility index (Phi) is 6.99. The van der Waals surface area contributed by atoms with Gasteiger partial charge in [0, 0.05) is 56.3 Å². The fourth-order valence-electron chi connectivity index (χ4n) is 0. The maximum absolute atomic E-state index is 5.53. The summed E-state index contributed by atoms with van der Waals surface area (Å²) in [5, 5.41) is 0. The number of alkyl halides is 1. The Morgan fingerprint density at radius 1 is 1.17 bits per heavy atom. The minimum absolute atomic E-state index is 0. The molecule has 6 heavy (non-hydrogen) atoms. The molecule has 0 aromatic heterocycles. The van der Waals surface area contributed by atoms with Gasteiger partial charge in [0.1, 0.15) is 0 Å². The van der Waals surface area contributed by atoms with Crippen molar-refractivity contribution in [1.82, 2.24) is 0 Å². The normalized spacial score (nSPS) is 10.0. The second-order valence-corrected chi connectivity index (χ2v) is 3.20. The van der Waals surface area contributed by atoms with Gasteiger partial charge < -0.3 is 0 Å². The van der Waals surface area contributed by atoms with Gasteiger partial charge in [0.15, 0.2) is 0 Å². The minimum Gasteiger partial charge on any atom is -0.120 e. The van der Waals surface area contributed by atoms with Gasteiger partial charge in [-0.1, -0.05) is 0 Å². The quantitative estimate of drug-likeness (QED) is 0.347. The zero-order valence-electron chi connectivity index (χ0n) is 4.88. The van der Waals surface area contributed by atoms with Gasteiger partial charge in [-0.2, -0.15) is 0 Å². The molecule has 0 saturated carbocycles. The van der Waals surface area contributed by atoms with Crippen LogP contribution in [0, 0.1) is 0 Å². The predicted octanol–water partition coefficient (Wildman–Crippen LogP) is 1.64. The van der Waals surface area contributed by atoms with Crippen LogP contribution in [0.3, 0.4) is 0 Å². The van der Waals surface area contributed by atoms with Crippen molar-refractivity contribution >= 4 is 63.0 Å². The Bertz CT molecular complexity index is 23.0. The van der Waals surface area contributed by atoms with E-state index < -0.39 is 0 Å². The molecule has 0 bridgehead atoms. The van der Waals surface area contributed by atoms with Gasteiger partial charge in [0.05, 0.1) is 0 Å². The van der Waals surface area contributed by atoms with E-state index in [1.807, 2.05) is 20.8 Å². The van der Waals surface area contributed by atoms with Crippen LogP contribution in [0.2, 0.25) is 0 Å². The van der Waals surface area contributed by atoms with E-state index in [0.29, 0.717) is 0 Å².